The molecular formula is C28H31N3O2. The number of hydrogen-bond donors (Lipinski definition) is 0. The Morgan fingerprint density at radius 2 is 1.30 bits per heavy atom. The van der Waals surface area contributed by atoms with Gasteiger partial charge in [-0.2, -0.15) is 0 Å². The molecule has 0 saturated carbocycles. The number of carbonyl (C=O) groups is 1. The lowest BCUT2D eigenvalue weighted by Crippen LogP contribution is -2.30. The molecule has 1 fully saturated rings. The molecule has 5 heteroatoms. The van der Waals surface area contributed by atoms with Gasteiger partial charge in [-0.15, -0.1) is 0 Å². The van der Waals surface area contributed by atoms with Crippen LogP contribution in [0.4, 0.5) is 17.1 Å². The summed E-state index contributed by atoms with van der Waals surface area (Å²) in [6.07, 6.45) is 2.48. The number of esters is 1. The molecule has 0 spiro atoms. The summed E-state index contributed by atoms with van der Waals surface area (Å²) in [5, 5.41) is 0. The maximum atomic E-state index is 13.2. The summed E-state index contributed by atoms with van der Waals surface area (Å²) in [5.41, 5.74) is 5.78. The van der Waals surface area contributed by atoms with Crippen LogP contribution in [0, 0.1) is 0 Å². The molecular weight excluding hydrogens is 410 g/mol. The Morgan fingerprint density at radius 3 is 1.88 bits per heavy atom. The van der Waals surface area contributed by atoms with Crippen molar-refractivity contribution in [2.24, 2.45) is 0 Å². The number of ether oxygens (including phenoxy) is 1. The van der Waals surface area contributed by atoms with Gasteiger partial charge in [-0.25, -0.2) is 4.79 Å². The Kier molecular flexibility index (Phi) is 5.28. The minimum atomic E-state index is -0.967. The molecule has 3 aromatic rings. The van der Waals surface area contributed by atoms with Gasteiger partial charge in [0.25, 0.3) is 0 Å². The molecule has 1 saturated heterocycles. The molecule has 1 unspecified atom stereocenters. The highest BCUT2D eigenvalue weighted by Crippen LogP contribution is 2.48. The van der Waals surface area contributed by atoms with Crippen LogP contribution >= 0.6 is 0 Å². The van der Waals surface area contributed by atoms with Crippen molar-refractivity contribution < 1.29 is 9.53 Å². The van der Waals surface area contributed by atoms with Crippen molar-refractivity contribution in [3.63, 3.8) is 0 Å². The molecule has 0 bridgehead atoms. The first-order valence-electron chi connectivity index (χ1n) is 11.6. The summed E-state index contributed by atoms with van der Waals surface area (Å²) in [6, 6.07) is 22.9. The van der Waals surface area contributed by atoms with E-state index in [4.69, 9.17) is 4.74 Å². The molecule has 1 atom stereocenters. The van der Waals surface area contributed by atoms with Crippen LogP contribution in [0.5, 0.6) is 0 Å². The molecule has 0 aliphatic carbocycles. The lowest BCUT2D eigenvalue weighted by atomic mass is 9.79. The molecule has 0 radical (unpaired) electrons. The molecule has 0 N–H and O–H groups in total. The van der Waals surface area contributed by atoms with Crippen molar-refractivity contribution in [3.05, 3.63) is 89.0 Å². The zero-order valence-electron chi connectivity index (χ0n) is 19.8. The van der Waals surface area contributed by atoms with Crippen molar-refractivity contribution in [1.82, 2.24) is 0 Å². The van der Waals surface area contributed by atoms with E-state index in [1.807, 2.05) is 45.2 Å². The van der Waals surface area contributed by atoms with Crippen LogP contribution in [0.3, 0.4) is 0 Å². The summed E-state index contributed by atoms with van der Waals surface area (Å²) < 4.78 is 6.31. The topological polar surface area (TPSA) is 36.0 Å². The number of rotatable bonds is 5. The SMILES string of the molecule is CN(C)c1ccc(C2(c3ccc(N4CCCC4)cc3)OC(=O)c3cc(N(C)C)ccc32)cc1. The van der Waals surface area contributed by atoms with E-state index in [1.54, 1.807) is 0 Å². The molecule has 2 aliphatic rings. The van der Waals surface area contributed by atoms with E-state index >= 15 is 0 Å². The Morgan fingerprint density at radius 1 is 0.758 bits per heavy atom. The van der Waals surface area contributed by atoms with E-state index in [0.29, 0.717) is 5.56 Å². The fourth-order valence-electron chi connectivity index (χ4n) is 5.01. The molecule has 3 aromatic carbocycles. The lowest BCUT2D eigenvalue weighted by Gasteiger charge is -2.31. The standard InChI is InChI=1S/C28H31N3O2/c1-29(2)22-11-7-20(8-12-22)28(21-9-13-23(14-10-21)31-17-5-6-18-31)26-16-15-24(30(3)4)19-25(26)27(32)33-28/h7-16,19H,5-6,17-18H2,1-4H3. The maximum Gasteiger partial charge on any atom is 0.340 e. The summed E-state index contributed by atoms with van der Waals surface area (Å²) in [4.78, 5) is 19.7. The van der Waals surface area contributed by atoms with E-state index < -0.39 is 5.60 Å². The molecule has 5 rings (SSSR count). The average molecular weight is 442 g/mol. The van der Waals surface area contributed by atoms with Crippen LogP contribution in [-0.2, 0) is 10.3 Å². The van der Waals surface area contributed by atoms with Gasteiger partial charge in [0, 0.05) is 75.0 Å². The van der Waals surface area contributed by atoms with Gasteiger partial charge in [-0.05, 0) is 49.2 Å². The second-order valence-corrected chi connectivity index (χ2v) is 9.38. The quantitative estimate of drug-likeness (QED) is 0.528. The first-order valence-corrected chi connectivity index (χ1v) is 11.6. The molecule has 0 aromatic heterocycles. The Hall–Kier alpha value is -3.47. The fraction of sp³-hybridized carbons (Fsp3) is 0.321. The van der Waals surface area contributed by atoms with Crippen molar-refractivity contribution in [2.45, 2.75) is 18.4 Å². The van der Waals surface area contributed by atoms with Gasteiger partial charge in [0.1, 0.15) is 0 Å². The molecule has 2 aliphatic heterocycles. The van der Waals surface area contributed by atoms with E-state index in [9.17, 15) is 4.79 Å². The maximum absolute atomic E-state index is 13.2. The highest BCUT2D eigenvalue weighted by atomic mass is 16.6. The normalized spacial score (nSPS) is 19.4. The fourth-order valence-corrected chi connectivity index (χ4v) is 5.01. The van der Waals surface area contributed by atoms with Crippen molar-refractivity contribution in [3.8, 4) is 0 Å². The largest absolute Gasteiger partial charge is 0.441 e. The van der Waals surface area contributed by atoms with Gasteiger partial charge in [-0.3, -0.25) is 0 Å². The van der Waals surface area contributed by atoms with Crippen LogP contribution in [0.15, 0.2) is 66.7 Å². The second kappa shape index (κ2) is 8.14. The highest BCUT2D eigenvalue weighted by Gasteiger charge is 2.48. The molecule has 2 heterocycles. The number of cyclic esters (lactones) is 1. The predicted octanol–water partition coefficient (Wildman–Crippen LogP) is 4.88. The van der Waals surface area contributed by atoms with Gasteiger partial charge in [-0.1, -0.05) is 30.3 Å². The Bertz CT molecular complexity index is 1160. The van der Waals surface area contributed by atoms with E-state index in [2.05, 4.69) is 64.4 Å². The number of hydrogen-bond acceptors (Lipinski definition) is 5. The van der Waals surface area contributed by atoms with Gasteiger partial charge < -0.3 is 19.4 Å². The lowest BCUT2D eigenvalue weighted by molar-refractivity contribution is 0.0251. The van der Waals surface area contributed by atoms with Gasteiger partial charge >= 0.3 is 5.97 Å². The van der Waals surface area contributed by atoms with Crippen LogP contribution in [0.2, 0.25) is 0 Å². The summed E-state index contributed by atoms with van der Waals surface area (Å²) in [6.45, 7) is 2.20. The van der Waals surface area contributed by atoms with Crippen molar-refractivity contribution in [2.75, 3.05) is 56.0 Å². The van der Waals surface area contributed by atoms with E-state index in [0.717, 1.165) is 41.2 Å². The predicted molar refractivity (Wildman–Crippen MR) is 135 cm³/mol. The molecule has 0 amide bonds. The third-order valence-electron chi connectivity index (χ3n) is 6.90. The number of fused-ring (bicyclic) bond motifs is 1. The smallest absolute Gasteiger partial charge is 0.340 e. The molecule has 33 heavy (non-hydrogen) atoms. The van der Waals surface area contributed by atoms with E-state index in [-0.39, 0.29) is 5.97 Å². The minimum absolute atomic E-state index is 0.283. The third kappa shape index (κ3) is 3.52. The minimum Gasteiger partial charge on any atom is -0.441 e. The van der Waals surface area contributed by atoms with Gasteiger partial charge in [0.05, 0.1) is 5.56 Å². The number of nitrogens with zero attached hydrogens (tertiary/aromatic N) is 3. The Labute approximate surface area is 196 Å². The van der Waals surface area contributed by atoms with Crippen LogP contribution in [0.25, 0.3) is 0 Å². The number of benzene rings is 3. The van der Waals surface area contributed by atoms with Crippen LogP contribution < -0.4 is 14.7 Å². The molecule has 5 nitrogen and oxygen atoms in total. The van der Waals surface area contributed by atoms with Crippen molar-refractivity contribution >= 4 is 23.0 Å². The monoisotopic (exact) mass is 441 g/mol. The van der Waals surface area contributed by atoms with Gasteiger partial charge in [0.2, 0.25) is 0 Å². The first-order chi connectivity index (χ1) is 15.9. The average Bonchev–Trinajstić information content (AvgIpc) is 3.46. The number of anilines is 3. The third-order valence-corrected chi connectivity index (χ3v) is 6.90. The second-order valence-electron chi connectivity index (χ2n) is 9.38. The number of carbonyl (C=O) groups excluding carboxylic acids is 1. The first kappa shape index (κ1) is 21.4. The van der Waals surface area contributed by atoms with E-state index in [1.165, 1.54) is 18.5 Å². The summed E-state index contributed by atoms with van der Waals surface area (Å²) >= 11 is 0. The van der Waals surface area contributed by atoms with Crippen LogP contribution in [0.1, 0.15) is 39.9 Å². The zero-order chi connectivity index (χ0) is 23.2. The summed E-state index contributed by atoms with van der Waals surface area (Å²) in [7, 11) is 8.00. The highest BCUT2D eigenvalue weighted by molar-refractivity contribution is 5.97. The Balaban J connectivity index is 1.67. The zero-order valence-corrected chi connectivity index (χ0v) is 19.8. The van der Waals surface area contributed by atoms with Gasteiger partial charge in [0.15, 0.2) is 5.60 Å². The van der Waals surface area contributed by atoms with Crippen LogP contribution in [-0.4, -0.2) is 47.2 Å². The molecule has 170 valence electrons. The van der Waals surface area contributed by atoms with Crippen molar-refractivity contribution in [1.29, 1.82) is 0 Å². The summed E-state index contributed by atoms with van der Waals surface area (Å²) in [5.74, 6) is -0.283.